The number of halogens is 1. The van der Waals surface area contributed by atoms with Gasteiger partial charge in [0.15, 0.2) is 5.13 Å². The summed E-state index contributed by atoms with van der Waals surface area (Å²) in [7, 11) is 0. The molecule has 2 aromatic carbocycles. The maximum absolute atomic E-state index is 12.6. The van der Waals surface area contributed by atoms with Gasteiger partial charge in [-0.1, -0.05) is 49.4 Å². The molecule has 0 radical (unpaired) electrons. The molecule has 0 unspecified atom stereocenters. The number of thioether (sulfide) groups is 1. The Labute approximate surface area is 205 Å². The van der Waals surface area contributed by atoms with E-state index >= 15 is 0 Å². The van der Waals surface area contributed by atoms with Crippen molar-refractivity contribution in [3.63, 3.8) is 0 Å². The number of carbonyl (C=O) groups excluding carboxylic acids is 1. The van der Waals surface area contributed by atoms with Gasteiger partial charge in [-0.15, -0.1) is 24.2 Å². The summed E-state index contributed by atoms with van der Waals surface area (Å²) in [5.74, 6) is 0.986. The molecule has 1 amide bonds. The third kappa shape index (κ3) is 5.76. The predicted octanol–water partition coefficient (Wildman–Crippen LogP) is 4.94. The molecule has 8 heteroatoms. The summed E-state index contributed by atoms with van der Waals surface area (Å²) in [5, 5.41) is 4.23. The number of thiazole rings is 1. The molecule has 2 heterocycles. The second-order valence-corrected chi connectivity index (χ2v) is 9.94. The van der Waals surface area contributed by atoms with Crippen LogP contribution in [0, 0.1) is 0 Å². The van der Waals surface area contributed by atoms with Gasteiger partial charge in [0.05, 0.1) is 15.8 Å². The van der Waals surface area contributed by atoms with Crippen molar-refractivity contribution in [2.24, 2.45) is 0 Å². The summed E-state index contributed by atoms with van der Waals surface area (Å²) in [6.07, 6.45) is 1.02. The van der Waals surface area contributed by atoms with Crippen molar-refractivity contribution in [3.8, 4) is 0 Å². The highest BCUT2D eigenvalue weighted by Crippen LogP contribution is 2.31. The van der Waals surface area contributed by atoms with Gasteiger partial charge in [-0.25, -0.2) is 4.98 Å². The Hall–Kier alpha value is -1.80. The Morgan fingerprint density at radius 2 is 1.88 bits per heavy atom. The van der Waals surface area contributed by atoms with Crippen LogP contribution in [0.1, 0.15) is 29.8 Å². The number of anilines is 1. The molecule has 0 atom stereocenters. The van der Waals surface area contributed by atoms with Crippen LogP contribution in [0.5, 0.6) is 0 Å². The molecule has 0 saturated carbocycles. The zero-order valence-corrected chi connectivity index (χ0v) is 21.1. The Morgan fingerprint density at radius 1 is 1.09 bits per heavy atom. The monoisotopic (exact) mass is 490 g/mol. The van der Waals surface area contributed by atoms with Crippen molar-refractivity contribution in [3.05, 3.63) is 53.6 Å². The van der Waals surface area contributed by atoms with Gasteiger partial charge >= 0.3 is 0 Å². The Balaban J connectivity index is 0.00000289. The number of hydrogen-bond acceptors (Lipinski definition) is 6. The van der Waals surface area contributed by atoms with Gasteiger partial charge in [0.2, 0.25) is 0 Å². The van der Waals surface area contributed by atoms with E-state index in [1.54, 1.807) is 23.1 Å². The highest BCUT2D eigenvalue weighted by Gasteiger charge is 2.20. The summed E-state index contributed by atoms with van der Waals surface area (Å²) in [6, 6.07) is 14.3. The van der Waals surface area contributed by atoms with Crippen LogP contribution in [-0.4, -0.2) is 60.8 Å². The van der Waals surface area contributed by atoms with Crippen LogP contribution in [0.4, 0.5) is 5.13 Å². The molecule has 1 N–H and O–H groups in total. The SMILES string of the molecule is CCSc1ccccc1C(=O)NCCN1CCN(c2nc3c(CC)cccc3s2)CC1.Cl. The molecule has 172 valence electrons. The number of benzene rings is 2. The molecule has 3 aromatic rings. The summed E-state index contributed by atoms with van der Waals surface area (Å²) in [5.41, 5.74) is 3.27. The molecule has 32 heavy (non-hydrogen) atoms. The number of aromatic nitrogens is 1. The molecule has 1 aromatic heterocycles. The van der Waals surface area contributed by atoms with Crippen LogP contribution in [0.15, 0.2) is 47.4 Å². The lowest BCUT2D eigenvalue weighted by atomic mass is 10.1. The van der Waals surface area contributed by atoms with Crippen molar-refractivity contribution in [1.82, 2.24) is 15.2 Å². The van der Waals surface area contributed by atoms with Crippen molar-refractivity contribution in [2.45, 2.75) is 25.2 Å². The largest absolute Gasteiger partial charge is 0.351 e. The summed E-state index contributed by atoms with van der Waals surface area (Å²) >= 11 is 3.51. The van der Waals surface area contributed by atoms with Gasteiger partial charge in [-0.3, -0.25) is 9.69 Å². The summed E-state index contributed by atoms with van der Waals surface area (Å²) < 4.78 is 1.28. The molecule has 5 nitrogen and oxygen atoms in total. The van der Waals surface area contributed by atoms with Crippen LogP contribution < -0.4 is 10.2 Å². The van der Waals surface area contributed by atoms with E-state index in [0.717, 1.165) is 66.0 Å². The number of nitrogens with zero attached hydrogens (tertiary/aromatic N) is 3. The van der Waals surface area contributed by atoms with Crippen LogP contribution in [0.2, 0.25) is 0 Å². The second-order valence-electron chi connectivity index (χ2n) is 7.63. The number of nitrogens with one attached hydrogen (secondary N) is 1. The lowest BCUT2D eigenvalue weighted by molar-refractivity contribution is 0.0945. The van der Waals surface area contributed by atoms with E-state index in [2.05, 4.69) is 47.2 Å². The van der Waals surface area contributed by atoms with Crippen LogP contribution in [0.25, 0.3) is 10.2 Å². The number of hydrogen-bond donors (Lipinski definition) is 1. The number of para-hydroxylation sites is 1. The molecule has 1 fully saturated rings. The van der Waals surface area contributed by atoms with Crippen LogP contribution >= 0.6 is 35.5 Å². The lowest BCUT2D eigenvalue weighted by Crippen LogP contribution is -2.48. The van der Waals surface area contributed by atoms with E-state index in [4.69, 9.17) is 4.98 Å². The highest BCUT2D eigenvalue weighted by molar-refractivity contribution is 7.99. The van der Waals surface area contributed by atoms with E-state index in [0.29, 0.717) is 6.54 Å². The van der Waals surface area contributed by atoms with Gasteiger partial charge in [0, 0.05) is 44.2 Å². The minimum atomic E-state index is 0. The number of rotatable bonds is 8. The first-order valence-corrected chi connectivity index (χ1v) is 12.9. The molecule has 4 rings (SSSR count). The third-order valence-corrected chi connectivity index (χ3v) is 7.70. The molecule has 1 aliphatic heterocycles. The normalized spacial score (nSPS) is 14.4. The van der Waals surface area contributed by atoms with Gasteiger partial charge in [-0.05, 0) is 35.9 Å². The minimum Gasteiger partial charge on any atom is -0.351 e. The number of piperazine rings is 1. The zero-order valence-electron chi connectivity index (χ0n) is 18.7. The number of carbonyl (C=O) groups is 1. The van der Waals surface area contributed by atoms with E-state index in [1.165, 1.54) is 10.3 Å². The number of fused-ring (bicyclic) bond motifs is 1. The molecule has 0 spiro atoms. The van der Waals surface area contributed by atoms with E-state index in [9.17, 15) is 4.79 Å². The topological polar surface area (TPSA) is 48.5 Å². The molecular weight excluding hydrogens is 460 g/mol. The minimum absolute atomic E-state index is 0. The fourth-order valence-electron chi connectivity index (χ4n) is 3.94. The standard InChI is InChI=1S/C24H30N4OS2.ClH/c1-3-18-8-7-11-21-22(18)26-24(31-21)28-16-14-27(15-17-28)13-12-25-23(29)19-9-5-6-10-20(19)30-4-2;/h5-11H,3-4,12-17H2,1-2H3,(H,25,29);1H. The van der Waals surface area contributed by atoms with Gasteiger partial charge < -0.3 is 10.2 Å². The first kappa shape index (κ1) is 24.8. The maximum Gasteiger partial charge on any atom is 0.252 e. The van der Waals surface area contributed by atoms with Crippen molar-refractivity contribution in [1.29, 1.82) is 0 Å². The lowest BCUT2D eigenvalue weighted by Gasteiger charge is -2.34. The molecule has 0 aliphatic carbocycles. The number of aryl methyl sites for hydroxylation is 1. The van der Waals surface area contributed by atoms with E-state index in [1.807, 2.05) is 24.3 Å². The van der Waals surface area contributed by atoms with Gasteiger partial charge in [-0.2, -0.15) is 0 Å². The van der Waals surface area contributed by atoms with Crippen molar-refractivity contribution < 1.29 is 4.79 Å². The Morgan fingerprint density at radius 3 is 2.62 bits per heavy atom. The van der Waals surface area contributed by atoms with Gasteiger partial charge in [0.25, 0.3) is 5.91 Å². The first-order chi connectivity index (χ1) is 15.2. The van der Waals surface area contributed by atoms with Crippen LogP contribution in [0.3, 0.4) is 0 Å². The Kier molecular flexibility index (Phi) is 9.22. The quantitative estimate of drug-likeness (QED) is 0.453. The maximum atomic E-state index is 12.6. The predicted molar refractivity (Wildman–Crippen MR) is 140 cm³/mol. The fourth-order valence-corrected chi connectivity index (χ4v) is 5.80. The average molecular weight is 491 g/mol. The summed E-state index contributed by atoms with van der Waals surface area (Å²) in [6.45, 7) is 9.79. The number of amides is 1. The smallest absolute Gasteiger partial charge is 0.252 e. The average Bonchev–Trinajstić information content (AvgIpc) is 3.24. The Bertz CT molecular complexity index is 1030. The third-order valence-electron chi connectivity index (χ3n) is 5.66. The van der Waals surface area contributed by atoms with E-state index < -0.39 is 0 Å². The molecule has 1 saturated heterocycles. The molecular formula is C24H31ClN4OS2. The zero-order chi connectivity index (χ0) is 21.6. The van der Waals surface area contributed by atoms with Gasteiger partial charge in [0.1, 0.15) is 0 Å². The first-order valence-electron chi connectivity index (χ1n) is 11.0. The summed E-state index contributed by atoms with van der Waals surface area (Å²) in [4.78, 5) is 23.4. The highest BCUT2D eigenvalue weighted by atomic mass is 35.5. The van der Waals surface area contributed by atoms with Crippen molar-refractivity contribution in [2.75, 3.05) is 49.9 Å². The van der Waals surface area contributed by atoms with Crippen molar-refractivity contribution >= 4 is 56.8 Å². The second kappa shape index (κ2) is 11.9. The fraction of sp³-hybridized carbons (Fsp3) is 0.417. The van der Waals surface area contributed by atoms with E-state index in [-0.39, 0.29) is 18.3 Å². The molecule has 1 aliphatic rings. The van der Waals surface area contributed by atoms with Crippen LogP contribution in [-0.2, 0) is 6.42 Å². The molecule has 0 bridgehead atoms.